The molecule has 116 valence electrons. The second kappa shape index (κ2) is 4.57. The van der Waals surface area contributed by atoms with E-state index in [9.17, 15) is 4.79 Å². The fourth-order valence-corrected chi connectivity index (χ4v) is 4.27. The van der Waals surface area contributed by atoms with Crippen molar-refractivity contribution < 1.29 is 0 Å². The molecule has 0 saturated carbocycles. The van der Waals surface area contributed by atoms with E-state index in [4.69, 9.17) is 4.98 Å². The molecule has 4 nitrogen and oxygen atoms in total. The third-order valence-electron chi connectivity index (χ3n) is 5.36. The fourth-order valence-electron chi connectivity index (χ4n) is 4.27. The number of H-pyrrole nitrogens is 1. The third kappa shape index (κ3) is 1.72. The molecule has 0 spiro atoms. The van der Waals surface area contributed by atoms with Gasteiger partial charge in [0.1, 0.15) is 0 Å². The van der Waals surface area contributed by atoms with Gasteiger partial charge >= 0.3 is 0 Å². The molecule has 1 aromatic carbocycles. The highest BCUT2D eigenvalue weighted by atomic mass is 16.1. The lowest BCUT2D eigenvalue weighted by Crippen LogP contribution is -2.33. The molecule has 2 aromatic heterocycles. The smallest absolute Gasteiger partial charge is 0.257 e. The lowest BCUT2D eigenvalue weighted by Gasteiger charge is -2.26. The van der Waals surface area contributed by atoms with E-state index in [1.54, 1.807) is 0 Å². The summed E-state index contributed by atoms with van der Waals surface area (Å²) < 4.78 is 1.90. The zero-order valence-electron chi connectivity index (χ0n) is 13.2. The second-order valence-corrected chi connectivity index (χ2v) is 6.84. The lowest BCUT2D eigenvalue weighted by atomic mass is 9.92. The van der Waals surface area contributed by atoms with Crippen LogP contribution in [0.25, 0.3) is 22.4 Å². The quantitative estimate of drug-likeness (QED) is 0.692. The summed E-state index contributed by atoms with van der Waals surface area (Å²) in [7, 11) is 0. The lowest BCUT2D eigenvalue weighted by molar-refractivity contribution is 0.542. The van der Waals surface area contributed by atoms with Crippen molar-refractivity contribution in [1.29, 1.82) is 0 Å². The number of rotatable bonds is 0. The number of hydrogen-bond acceptors (Lipinski definition) is 2. The molecule has 2 aliphatic rings. The standard InChI is InChI=1S/C19H19N3O/c1-11-10-22-18(21-15-9-5-3-7-13(15)19(22)23)17-16(11)12-6-2-4-8-14(12)20-17/h2,4,6,8,11,20H,3,5,7,9-10H2,1H3. The summed E-state index contributed by atoms with van der Waals surface area (Å²) in [5, 5.41) is 1.26. The van der Waals surface area contributed by atoms with Gasteiger partial charge in [-0.3, -0.25) is 9.36 Å². The fraction of sp³-hybridized carbons (Fsp3) is 0.368. The Hall–Kier alpha value is -2.36. The number of aromatic amines is 1. The van der Waals surface area contributed by atoms with Gasteiger partial charge in [-0.25, -0.2) is 4.98 Å². The number of para-hydroxylation sites is 1. The second-order valence-electron chi connectivity index (χ2n) is 6.84. The Balaban J connectivity index is 1.86. The molecule has 4 heteroatoms. The van der Waals surface area contributed by atoms with Crippen molar-refractivity contribution in [2.24, 2.45) is 0 Å². The first-order chi connectivity index (χ1) is 11.2. The van der Waals surface area contributed by atoms with Crippen molar-refractivity contribution in [2.75, 3.05) is 0 Å². The topological polar surface area (TPSA) is 50.7 Å². The Labute approximate surface area is 134 Å². The predicted octanol–water partition coefficient (Wildman–Crippen LogP) is 3.39. The van der Waals surface area contributed by atoms with Gasteiger partial charge in [-0.1, -0.05) is 25.1 Å². The molecular weight excluding hydrogens is 286 g/mol. The van der Waals surface area contributed by atoms with Crippen LogP contribution >= 0.6 is 0 Å². The average molecular weight is 305 g/mol. The first kappa shape index (κ1) is 13.1. The van der Waals surface area contributed by atoms with Crippen molar-refractivity contribution in [3.8, 4) is 11.5 Å². The molecule has 23 heavy (non-hydrogen) atoms. The highest BCUT2D eigenvalue weighted by Gasteiger charge is 2.30. The summed E-state index contributed by atoms with van der Waals surface area (Å²) in [6.45, 7) is 2.93. The normalized spacial score (nSPS) is 19.3. The van der Waals surface area contributed by atoms with Crippen LogP contribution < -0.4 is 5.56 Å². The maximum Gasteiger partial charge on any atom is 0.257 e. The summed E-state index contributed by atoms with van der Waals surface area (Å²) in [6.07, 6.45) is 4.06. The number of hydrogen-bond donors (Lipinski definition) is 1. The maximum absolute atomic E-state index is 12.9. The van der Waals surface area contributed by atoms with E-state index in [1.807, 2.05) is 10.6 Å². The summed E-state index contributed by atoms with van der Waals surface area (Å²) in [5.41, 5.74) is 5.63. The number of nitrogens with zero attached hydrogens (tertiary/aromatic N) is 2. The van der Waals surface area contributed by atoms with Crippen LogP contribution in [0.2, 0.25) is 0 Å². The van der Waals surface area contributed by atoms with E-state index in [0.717, 1.165) is 60.5 Å². The first-order valence-corrected chi connectivity index (χ1v) is 8.47. The molecule has 0 amide bonds. The van der Waals surface area contributed by atoms with Gasteiger partial charge in [0.15, 0.2) is 5.82 Å². The monoisotopic (exact) mass is 305 g/mol. The van der Waals surface area contributed by atoms with Crippen molar-refractivity contribution in [2.45, 2.75) is 45.1 Å². The van der Waals surface area contributed by atoms with Crippen LogP contribution in [-0.4, -0.2) is 14.5 Å². The zero-order chi connectivity index (χ0) is 15.6. The predicted molar refractivity (Wildman–Crippen MR) is 90.8 cm³/mol. The van der Waals surface area contributed by atoms with E-state index >= 15 is 0 Å². The Morgan fingerprint density at radius 3 is 2.96 bits per heavy atom. The van der Waals surface area contributed by atoms with Crippen molar-refractivity contribution in [1.82, 2.24) is 14.5 Å². The number of benzene rings is 1. The van der Waals surface area contributed by atoms with Crippen LogP contribution in [0.5, 0.6) is 0 Å². The largest absolute Gasteiger partial charge is 0.352 e. The molecule has 1 N–H and O–H groups in total. The van der Waals surface area contributed by atoms with Crippen LogP contribution in [0.1, 0.15) is 42.5 Å². The van der Waals surface area contributed by atoms with Gasteiger partial charge in [0.2, 0.25) is 0 Å². The van der Waals surface area contributed by atoms with Crippen LogP contribution in [0.4, 0.5) is 0 Å². The van der Waals surface area contributed by atoms with Gasteiger partial charge in [0.05, 0.1) is 11.4 Å². The number of aromatic nitrogens is 3. The van der Waals surface area contributed by atoms with E-state index in [-0.39, 0.29) is 5.56 Å². The number of nitrogens with one attached hydrogen (secondary N) is 1. The molecule has 1 atom stereocenters. The Bertz CT molecular complexity index is 996. The van der Waals surface area contributed by atoms with Crippen molar-refractivity contribution >= 4 is 10.9 Å². The molecule has 0 radical (unpaired) electrons. The van der Waals surface area contributed by atoms with E-state index in [0.29, 0.717) is 5.92 Å². The van der Waals surface area contributed by atoms with E-state index in [1.165, 1.54) is 10.9 Å². The van der Waals surface area contributed by atoms with Gasteiger partial charge < -0.3 is 4.98 Å². The minimum absolute atomic E-state index is 0.181. The molecule has 0 fully saturated rings. The number of aryl methyl sites for hydroxylation is 1. The molecule has 0 saturated heterocycles. The van der Waals surface area contributed by atoms with Gasteiger partial charge in [0, 0.05) is 28.9 Å². The summed E-state index contributed by atoms with van der Waals surface area (Å²) in [6, 6.07) is 8.38. The minimum atomic E-state index is 0.181. The van der Waals surface area contributed by atoms with Gasteiger partial charge in [-0.2, -0.15) is 0 Å². The van der Waals surface area contributed by atoms with Crippen LogP contribution in [0.15, 0.2) is 29.1 Å². The summed E-state index contributed by atoms with van der Waals surface area (Å²) in [5.74, 6) is 1.15. The third-order valence-corrected chi connectivity index (χ3v) is 5.36. The van der Waals surface area contributed by atoms with Crippen molar-refractivity contribution in [3.63, 3.8) is 0 Å². The Kier molecular flexibility index (Phi) is 2.61. The molecule has 1 aliphatic carbocycles. The first-order valence-electron chi connectivity index (χ1n) is 8.47. The summed E-state index contributed by atoms with van der Waals surface area (Å²) >= 11 is 0. The Morgan fingerprint density at radius 2 is 2.04 bits per heavy atom. The number of fused-ring (bicyclic) bond motifs is 6. The van der Waals surface area contributed by atoms with Crippen LogP contribution in [0, 0.1) is 0 Å². The average Bonchev–Trinajstić information content (AvgIpc) is 2.97. The summed E-state index contributed by atoms with van der Waals surface area (Å²) in [4.78, 5) is 21.4. The minimum Gasteiger partial charge on any atom is -0.352 e. The molecule has 3 heterocycles. The molecule has 1 unspecified atom stereocenters. The SMILES string of the molecule is CC1Cn2c(nc3c(c2=O)CCCC3)-c2[nH]c3ccccc3c21. The molecule has 1 aliphatic heterocycles. The van der Waals surface area contributed by atoms with Crippen LogP contribution in [-0.2, 0) is 19.4 Å². The zero-order valence-corrected chi connectivity index (χ0v) is 13.2. The van der Waals surface area contributed by atoms with Crippen LogP contribution in [0.3, 0.4) is 0 Å². The highest BCUT2D eigenvalue weighted by Crippen LogP contribution is 2.39. The van der Waals surface area contributed by atoms with Gasteiger partial charge in [-0.15, -0.1) is 0 Å². The molecule has 3 aromatic rings. The van der Waals surface area contributed by atoms with Crippen molar-refractivity contribution in [3.05, 3.63) is 51.4 Å². The maximum atomic E-state index is 12.9. The van der Waals surface area contributed by atoms with Gasteiger partial charge in [-0.05, 0) is 37.3 Å². The Morgan fingerprint density at radius 1 is 1.22 bits per heavy atom. The van der Waals surface area contributed by atoms with E-state index < -0.39 is 0 Å². The van der Waals surface area contributed by atoms with E-state index in [2.05, 4.69) is 30.1 Å². The molecule has 5 rings (SSSR count). The molecule has 0 bridgehead atoms. The molecular formula is C19H19N3O. The highest BCUT2D eigenvalue weighted by molar-refractivity contribution is 5.90. The van der Waals surface area contributed by atoms with Gasteiger partial charge in [0.25, 0.3) is 5.56 Å².